The average Bonchev–Trinajstić information content (AvgIpc) is 2.06. The van der Waals surface area contributed by atoms with E-state index in [0.29, 0.717) is 13.0 Å². The van der Waals surface area contributed by atoms with Crippen LogP contribution in [0.25, 0.3) is 0 Å². The summed E-state index contributed by atoms with van der Waals surface area (Å²) in [7, 11) is -3.56. The Morgan fingerprint density at radius 3 is 2.36 bits per heavy atom. The molecule has 0 spiro atoms. The summed E-state index contributed by atoms with van der Waals surface area (Å²) in [5.74, 6) is 0. The Balaban J connectivity index is 2.43. The summed E-state index contributed by atoms with van der Waals surface area (Å²) in [6.45, 7) is 0.320. The first-order valence-corrected chi connectivity index (χ1v) is 6.33. The van der Waals surface area contributed by atoms with Crippen LogP contribution in [0, 0.1) is 0 Å². The van der Waals surface area contributed by atoms with Gasteiger partial charge in [-0.1, -0.05) is 28.1 Å². The average molecular weight is 279 g/mol. The quantitative estimate of drug-likeness (QED) is 0.855. The Morgan fingerprint density at radius 2 is 1.86 bits per heavy atom. The molecule has 6 heteroatoms. The number of halogens is 1. The van der Waals surface area contributed by atoms with Crippen molar-refractivity contribution in [1.82, 2.24) is 4.72 Å². The molecule has 1 rings (SSSR count). The van der Waals surface area contributed by atoms with E-state index in [9.17, 15) is 8.42 Å². The summed E-state index contributed by atoms with van der Waals surface area (Å²) in [5, 5.41) is 4.78. The summed E-state index contributed by atoms with van der Waals surface area (Å²) in [4.78, 5) is 0. The summed E-state index contributed by atoms with van der Waals surface area (Å²) >= 11 is 3.31. The Morgan fingerprint density at radius 1 is 1.29 bits per heavy atom. The van der Waals surface area contributed by atoms with Gasteiger partial charge < -0.3 is 0 Å². The molecule has 14 heavy (non-hydrogen) atoms. The fourth-order valence-corrected chi connectivity index (χ4v) is 1.64. The predicted octanol–water partition coefficient (Wildman–Crippen LogP) is 0.785. The van der Waals surface area contributed by atoms with E-state index in [1.807, 2.05) is 24.3 Å². The molecule has 0 amide bonds. The lowest BCUT2D eigenvalue weighted by Gasteiger charge is -2.02. The van der Waals surface area contributed by atoms with Crippen molar-refractivity contribution >= 4 is 26.1 Å². The molecule has 0 aliphatic heterocycles. The van der Waals surface area contributed by atoms with Crippen LogP contribution in [0.15, 0.2) is 28.7 Å². The van der Waals surface area contributed by atoms with E-state index in [1.54, 1.807) is 0 Å². The van der Waals surface area contributed by atoms with E-state index in [1.165, 1.54) is 0 Å². The van der Waals surface area contributed by atoms with Crippen LogP contribution in [0.3, 0.4) is 0 Å². The van der Waals surface area contributed by atoms with E-state index >= 15 is 0 Å². The van der Waals surface area contributed by atoms with Crippen molar-refractivity contribution in [1.29, 1.82) is 0 Å². The molecular formula is C8H11BrN2O2S. The van der Waals surface area contributed by atoms with Crippen molar-refractivity contribution in [3.05, 3.63) is 34.3 Å². The second-order valence-corrected chi connectivity index (χ2v) is 5.11. The van der Waals surface area contributed by atoms with Crippen molar-refractivity contribution in [3.63, 3.8) is 0 Å². The lowest BCUT2D eigenvalue weighted by Crippen LogP contribution is -2.32. The van der Waals surface area contributed by atoms with Crippen LogP contribution in [0.4, 0.5) is 0 Å². The zero-order chi connectivity index (χ0) is 10.6. The van der Waals surface area contributed by atoms with Gasteiger partial charge in [0.05, 0.1) is 0 Å². The van der Waals surface area contributed by atoms with E-state index in [0.717, 1.165) is 10.0 Å². The topological polar surface area (TPSA) is 72.2 Å². The SMILES string of the molecule is NS(=O)(=O)NCCc1ccc(Br)cc1. The molecule has 0 atom stereocenters. The molecule has 0 saturated carbocycles. The number of hydrogen-bond donors (Lipinski definition) is 2. The fourth-order valence-electron chi connectivity index (χ4n) is 0.989. The highest BCUT2D eigenvalue weighted by molar-refractivity contribution is 9.10. The molecule has 1 aromatic carbocycles. The molecule has 4 nitrogen and oxygen atoms in total. The van der Waals surface area contributed by atoms with Crippen molar-refractivity contribution < 1.29 is 8.42 Å². The second kappa shape index (κ2) is 4.88. The Labute approximate surface area is 91.8 Å². The number of nitrogens with one attached hydrogen (secondary N) is 1. The zero-order valence-corrected chi connectivity index (χ0v) is 9.81. The van der Waals surface area contributed by atoms with Crippen molar-refractivity contribution in [2.75, 3.05) is 6.54 Å². The molecule has 3 N–H and O–H groups in total. The molecule has 1 aromatic rings. The predicted molar refractivity (Wildman–Crippen MR) is 59.0 cm³/mol. The van der Waals surface area contributed by atoms with Crippen LogP contribution in [-0.4, -0.2) is 15.0 Å². The molecule has 0 bridgehead atoms. The van der Waals surface area contributed by atoms with Gasteiger partial charge in [0.25, 0.3) is 10.2 Å². The summed E-state index contributed by atoms with van der Waals surface area (Å²) in [6.07, 6.45) is 0.629. The normalized spacial score (nSPS) is 11.6. The van der Waals surface area contributed by atoms with Crippen LogP contribution in [0.1, 0.15) is 5.56 Å². The molecular weight excluding hydrogens is 268 g/mol. The monoisotopic (exact) mass is 278 g/mol. The first kappa shape index (κ1) is 11.6. The number of benzene rings is 1. The molecule has 0 heterocycles. The molecule has 0 aliphatic carbocycles. The third-order valence-corrected chi connectivity index (χ3v) is 2.77. The Hall–Kier alpha value is -0.430. The summed E-state index contributed by atoms with van der Waals surface area (Å²) in [6, 6.07) is 7.67. The van der Waals surface area contributed by atoms with Gasteiger partial charge in [-0.05, 0) is 24.1 Å². The highest BCUT2D eigenvalue weighted by Gasteiger charge is 1.99. The van der Waals surface area contributed by atoms with Crippen LogP contribution < -0.4 is 9.86 Å². The van der Waals surface area contributed by atoms with Gasteiger partial charge in [0.2, 0.25) is 0 Å². The fraction of sp³-hybridized carbons (Fsp3) is 0.250. The first-order chi connectivity index (χ1) is 6.47. The van der Waals surface area contributed by atoms with Crippen LogP contribution in [-0.2, 0) is 16.6 Å². The van der Waals surface area contributed by atoms with Gasteiger partial charge in [0, 0.05) is 11.0 Å². The smallest absolute Gasteiger partial charge is 0.216 e. The lowest BCUT2D eigenvalue weighted by atomic mass is 10.2. The third kappa shape index (κ3) is 4.71. The van der Waals surface area contributed by atoms with Gasteiger partial charge in [-0.2, -0.15) is 8.42 Å². The van der Waals surface area contributed by atoms with Gasteiger partial charge in [-0.3, -0.25) is 0 Å². The van der Waals surface area contributed by atoms with E-state index in [-0.39, 0.29) is 0 Å². The lowest BCUT2D eigenvalue weighted by molar-refractivity contribution is 0.583. The van der Waals surface area contributed by atoms with Gasteiger partial charge >= 0.3 is 0 Å². The molecule has 0 fully saturated rings. The maximum Gasteiger partial charge on any atom is 0.274 e. The zero-order valence-electron chi connectivity index (χ0n) is 7.40. The van der Waals surface area contributed by atoms with Crippen molar-refractivity contribution in [2.45, 2.75) is 6.42 Å². The molecule has 0 unspecified atom stereocenters. The Bertz CT molecular complexity index is 388. The van der Waals surface area contributed by atoms with Crippen LogP contribution in [0.5, 0.6) is 0 Å². The second-order valence-electron chi connectivity index (χ2n) is 2.82. The minimum absolute atomic E-state index is 0.320. The maximum atomic E-state index is 10.5. The van der Waals surface area contributed by atoms with Crippen molar-refractivity contribution in [3.8, 4) is 0 Å². The van der Waals surface area contributed by atoms with E-state index < -0.39 is 10.2 Å². The van der Waals surface area contributed by atoms with Gasteiger partial charge in [0.15, 0.2) is 0 Å². The van der Waals surface area contributed by atoms with E-state index in [2.05, 4.69) is 20.7 Å². The highest BCUT2D eigenvalue weighted by Crippen LogP contribution is 2.10. The van der Waals surface area contributed by atoms with Gasteiger partial charge in [-0.25, -0.2) is 9.86 Å². The van der Waals surface area contributed by atoms with Gasteiger partial charge in [-0.15, -0.1) is 0 Å². The molecule has 0 aromatic heterocycles. The van der Waals surface area contributed by atoms with Gasteiger partial charge in [0.1, 0.15) is 0 Å². The van der Waals surface area contributed by atoms with Crippen LogP contribution in [0.2, 0.25) is 0 Å². The summed E-state index contributed by atoms with van der Waals surface area (Å²) < 4.78 is 24.3. The summed E-state index contributed by atoms with van der Waals surface area (Å²) in [5.41, 5.74) is 1.06. The minimum atomic E-state index is -3.56. The number of rotatable bonds is 4. The first-order valence-electron chi connectivity index (χ1n) is 3.99. The number of nitrogens with two attached hydrogens (primary N) is 1. The standard InChI is InChI=1S/C8H11BrN2O2S/c9-8-3-1-7(2-4-8)5-6-11-14(10,12)13/h1-4,11H,5-6H2,(H2,10,12,13). The maximum absolute atomic E-state index is 10.5. The van der Waals surface area contributed by atoms with Crippen LogP contribution >= 0.6 is 15.9 Å². The minimum Gasteiger partial charge on any atom is -0.216 e. The largest absolute Gasteiger partial charge is 0.274 e. The van der Waals surface area contributed by atoms with E-state index in [4.69, 9.17) is 5.14 Å². The molecule has 0 aliphatic rings. The Kier molecular flexibility index (Phi) is 4.06. The molecule has 0 radical (unpaired) electrons. The molecule has 78 valence electrons. The number of hydrogen-bond acceptors (Lipinski definition) is 2. The molecule has 0 saturated heterocycles. The third-order valence-electron chi connectivity index (χ3n) is 1.63. The van der Waals surface area contributed by atoms with Crippen molar-refractivity contribution in [2.24, 2.45) is 5.14 Å². The highest BCUT2D eigenvalue weighted by atomic mass is 79.9.